The van der Waals surface area contributed by atoms with Crippen LogP contribution in [-0.2, 0) is 0 Å². The van der Waals surface area contributed by atoms with E-state index in [-0.39, 0.29) is 11.2 Å². The highest BCUT2D eigenvalue weighted by atomic mass is 35.5. The van der Waals surface area contributed by atoms with Crippen molar-refractivity contribution in [1.29, 1.82) is 0 Å². The van der Waals surface area contributed by atoms with Crippen molar-refractivity contribution < 1.29 is 0 Å². The minimum Gasteiger partial charge on any atom is -0.236 e. The number of rotatable bonds is 2. The zero-order valence-electron chi connectivity index (χ0n) is 10.3. The van der Waals surface area contributed by atoms with Crippen LogP contribution in [-0.4, -0.2) is 25.2 Å². The van der Waals surface area contributed by atoms with Gasteiger partial charge in [-0.2, -0.15) is 0 Å². The quantitative estimate of drug-likeness (QED) is 0.718. The first kappa shape index (κ1) is 13.5. The van der Waals surface area contributed by atoms with Crippen LogP contribution in [0.15, 0.2) is 24.3 Å². The lowest BCUT2D eigenvalue weighted by Gasteiger charge is -2.14. The predicted octanol–water partition coefficient (Wildman–Crippen LogP) is 3.79. The Kier molecular flexibility index (Phi) is 3.50. The van der Waals surface area contributed by atoms with Gasteiger partial charge in [-0.05, 0) is 24.6 Å². The molecule has 102 valence electrons. The molecule has 0 amide bonds. The smallest absolute Gasteiger partial charge is 0.223 e. The number of halogens is 3. The predicted molar refractivity (Wildman–Crippen MR) is 78.4 cm³/mol. The Morgan fingerprint density at radius 3 is 2.60 bits per heavy atom. The van der Waals surface area contributed by atoms with Crippen LogP contribution in [0.3, 0.4) is 0 Å². The second-order valence-electron chi connectivity index (χ2n) is 4.25. The number of fused-ring (bicyclic) bond motifs is 1. The third-order valence-corrected chi connectivity index (χ3v) is 3.73. The lowest BCUT2D eigenvalue weighted by Crippen LogP contribution is -2.09. The van der Waals surface area contributed by atoms with Crippen molar-refractivity contribution in [2.24, 2.45) is 0 Å². The average Bonchev–Trinajstić information content (AvgIpc) is 2.81. The van der Waals surface area contributed by atoms with Gasteiger partial charge in [0.25, 0.3) is 0 Å². The van der Waals surface area contributed by atoms with Crippen LogP contribution in [0.4, 0.5) is 0 Å². The first-order valence-corrected chi connectivity index (χ1v) is 6.88. The van der Waals surface area contributed by atoms with Crippen molar-refractivity contribution in [2.45, 2.75) is 13.0 Å². The summed E-state index contributed by atoms with van der Waals surface area (Å²) in [6.45, 7) is 1.96. The second-order valence-corrected chi connectivity index (χ2v) is 5.48. The van der Waals surface area contributed by atoms with Gasteiger partial charge in [-0.25, -0.2) is 4.68 Å². The molecule has 1 atom stereocenters. The molecule has 0 unspecified atom stereocenters. The topological polar surface area (TPSA) is 56.5 Å². The normalized spacial score (nSPS) is 12.8. The molecule has 0 aliphatic heterocycles. The molecule has 0 N–H and O–H groups in total. The van der Waals surface area contributed by atoms with E-state index in [1.54, 1.807) is 22.9 Å². The van der Waals surface area contributed by atoms with E-state index >= 15 is 0 Å². The Balaban J connectivity index is 2.12. The maximum Gasteiger partial charge on any atom is 0.223 e. The summed E-state index contributed by atoms with van der Waals surface area (Å²) in [5, 5.41) is 17.1. The van der Waals surface area contributed by atoms with Crippen LogP contribution < -0.4 is 0 Å². The van der Waals surface area contributed by atoms with Crippen LogP contribution in [0.25, 0.3) is 11.2 Å². The molecular weight excluding hydrogens is 321 g/mol. The summed E-state index contributed by atoms with van der Waals surface area (Å²) < 4.78 is 1.70. The maximum absolute atomic E-state index is 6.22. The highest BCUT2D eigenvalue weighted by Crippen LogP contribution is 2.29. The van der Waals surface area contributed by atoms with Gasteiger partial charge in [-0.15, -0.1) is 15.3 Å². The number of hydrogen-bond donors (Lipinski definition) is 0. The van der Waals surface area contributed by atoms with E-state index in [0.29, 0.717) is 21.2 Å². The minimum atomic E-state index is -0.134. The lowest BCUT2D eigenvalue weighted by molar-refractivity contribution is 0.560. The van der Waals surface area contributed by atoms with Crippen LogP contribution >= 0.6 is 34.8 Å². The van der Waals surface area contributed by atoms with Crippen molar-refractivity contribution >= 4 is 46.0 Å². The molecule has 0 spiro atoms. The van der Waals surface area contributed by atoms with Crippen molar-refractivity contribution in [1.82, 2.24) is 25.2 Å². The van der Waals surface area contributed by atoms with Gasteiger partial charge in [0.1, 0.15) is 5.52 Å². The molecule has 0 radical (unpaired) electrons. The molecule has 0 bridgehead atoms. The summed E-state index contributed by atoms with van der Waals surface area (Å²) >= 11 is 18.0. The number of aromatic nitrogens is 5. The summed E-state index contributed by atoms with van der Waals surface area (Å²) in [4.78, 5) is 0. The molecule has 2 heterocycles. The van der Waals surface area contributed by atoms with Gasteiger partial charge in [0.05, 0.1) is 6.04 Å². The Morgan fingerprint density at radius 1 is 1.05 bits per heavy atom. The van der Waals surface area contributed by atoms with Gasteiger partial charge >= 0.3 is 0 Å². The molecule has 8 heteroatoms. The highest BCUT2D eigenvalue weighted by Gasteiger charge is 2.17. The molecule has 5 nitrogen and oxygen atoms in total. The van der Waals surface area contributed by atoms with Crippen LogP contribution in [0.2, 0.25) is 15.2 Å². The van der Waals surface area contributed by atoms with Gasteiger partial charge in [-0.1, -0.05) is 46.1 Å². The molecule has 0 saturated heterocycles. The Bertz CT molecular complexity index is 786. The fourth-order valence-corrected chi connectivity index (χ4v) is 2.70. The average molecular weight is 329 g/mol. The largest absolute Gasteiger partial charge is 0.236 e. The van der Waals surface area contributed by atoms with Gasteiger partial charge in [0.2, 0.25) is 5.65 Å². The fourth-order valence-electron chi connectivity index (χ4n) is 1.99. The summed E-state index contributed by atoms with van der Waals surface area (Å²) in [7, 11) is 0. The van der Waals surface area contributed by atoms with E-state index in [9.17, 15) is 0 Å². The Labute approximate surface area is 129 Å². The zero-order chi connectivity index (χ0) is 14.3. The van der Waals surface area contributed by atoms with E-state index in [1.165, 1.54) is 0 Å². The molecule has 20 heavy (non-hydrogen) atoms. The standard InChI is InChI=1S/C12H8Cl3N5/c1-6(8-3-2-7(13)4-9(8)14)20-10-5-11(15)16-17-12(10)18-19-20/h2-6H,1H3/t6-/m1/s1. The number of benzene rings is 1. The van der Waals surface area contributed by atoms with Gasteiger partial charge in [0.15, 0.2) is 5.15 Å². The summed E-state index contributed by atoms with van der Waals surface area (Å²) in [5.41, 5.74) is 2.02. The minimum absolute atomic E-state index is 0.134. The first-order valence-electron chi connectivity index (χ1n) is 5.75. The molecule has 0 saturated carbocycles. The van der Waals surface area contributed by atoms with Crippen molar-refractivity contribution in [3.8, 4) is 0 Å². The lowest BCUT2D eigenvalue weighted by atomic mass is 10.1. The Morgan fingerprint density at radius 2 is 1.85 bits per heavy atom. The summed E-state index contributed by atoms with van der Waals surface area (Å²) in [6.07, 6.45) is 0. The van der Waals surface area contributed by atoms with E-state index in [4.69, 9.17) is 34.8 Å². The third-order valence-electron chi connectivity index (χ3n) is 2.99. The monoisotopic (exact) mass is 327 g/mol. The van der Waals surface area contributed by atoms with E-state index in [2.05, 4.69) is 20.5 Å². The van der Waals surface area contributed by atoms with E-state index in [1.807, 2.05) is 13.0 Å². The van der Waals surface area contributed by atoms with Crippen LogP contribution in [0.1, 0.15) is 18.5 Å². The van der Waals surface area contributed by atoms with Crippen molar-refractivity contribution in [2.75, 3.05) is 0 Å². The van der Waals surface area contributed by atoms with Crippen molar-refractivity contribution in [3.05, 3.63) is 45.0 Å². The SMILES string of the molecule is C[C@H](c1ccc(Cl)cc1Cl)n1nnc2nnc(Cl)cc21. The third kappa shape index (κ3) is 2.32. The molecule has 0 aliphatic rings. The van der Waals surface area contributed by atoms with Crippen LogP contribution in [0, 0.1) is 0 Å². The fraction of sp³-hybridized carbons (Fsp3) is 0.167. The van der Waals surface area contributed by atoms with Gasteiger partial charge in [-0.3, -0.25) is 0 Å². The van der Waals surface area contributed by atoms with E-state index < -0.39 is 0 Å². The Hall–Kier alpha value is -1.43. The highest BCUT2D eigenvalue weighted by molar-refractivity contribution is 6.35. The van der Waals surface area contributed by atoms with Gasteiger partial charge < -0.3 is 0 Å². The summed E-state index contributed by atoms with van der Waals surface area (Å²) in [5.74, 6) is 0. The molecular formula is C12H8Cl3N5. The summed E-state index contributed by atoms with van der Waals surface area (Å²) in [6, 6.07) is 6.88. The second kappa shape index (κ2) is 5.16. The van der Waals surface area contributed by atoms with Crippen LogP contribution in [0.5, 0.6) is 0 Å². The molecule has 3 rings (SSSR count). The molecule has 3 aromatic rings. The zero-order valence-corrected chi connectivity index (χ0v) is 12.5. The maximum atomic E-state index is 6.22. The molecule has 2 aromatic heterocycles. The van der Waals surface area contributed by atoms with E-state index in [0.717, 1.165) is 5.56 Å². The molecule has 1 aromatic carbocycles. The number of hydrogen-bond acceptors (Lipinski definition) is 4. The van der Waals surface area contributed by atoms with Gasteiger partial charge in [0, 0.05) is 16.1 Å². The molecule has 0 aliphatic carbocycles. The van der Waals surface area contributed by atoms with Crippen molar-refractivity contribution in [3.63, 3.8) is 0 Å². The number of nitrogens with zero attached hydrogens (tertiary/aromatic N) is 5. The first-order chi connectivity index (χ1) is 9.56. The molecule has 0 fully saturated rings.